The highest BCUT2D eigenvalue weighted by Crippen LogP contribution is 2.33. The first-order chi connectivity index (χ1) is 15.1. The maximum absolute atomic E-state index is 13.3. The molecule has 0 bridgehead atoms. The minimum absolute atomic E-state index is 0.00909. The molecule has 3 aromatic rings. The van der Waals surface area contributed by atoms with Crippen molar-refractivity contribution in [1.29, 1.82) is 0 Å². The highest BCUT2D eigenvalue weighted by molar-refractivity contribution is 6.03. The number of rotatable bonds is 7. The van der Waals surface area contributed by atoms with Crippen LogP contribution in [0.4, 0.5) is 0 Å². The maximum atomic E-state index is 13.3. The van der Waals surface area contributed by atoms with Crippen molar-refractivity contribution in [3.05, 3.63) is 102 Å². The van der Waals surface area contributed by atoms with Crippen molar-refractivity contribution in [2.45, 2.75) is 19.0 Å². The van der Waals surface area contributed by atoms with E-state index in [4.69, 9.17) is 9.84 Å². The Morgan fingerprint density at radius 1 is 1.00 bits per heavy atom. The lowest BCUT2D eigenvalue weighted by atomic mass is 9.98. The van der Waals surface area contributed by atoms with Gasteiger partial charge in [0, 0.05) is 13.0 Å². The predicted molar refractivity (Wildman–Crippen MR) is 123 cm³/mol. The van der Waals surface area contributed by atoms with Gasteiger partial charge >= 0.3 is 0 Å². The molecule has 5 nitrogen and oxygen atoms in total. The third kappa shape index (κ3) is 5.01. The van der Waals surface area contributed by atoms with Crippen LogP contribution in [0.5, 0.6) is 5.75 Å². The van der Waals surface area contributed by atoms with E-state index in [0.717, 1.165) is 22.6 Å². The Labute approximate surface area is 183 Å². The van der Waals surface area contributed by atoms with Crippen LogP contribution in [-0.2, 0) is 11.3 Å². The number of methoxy groups -OCH3 is 1. The van der Waals surface area contributed by atoms with Crippen LogP contribution in [0.3, 0.4) is 0 Å². The van der Waals surface area contributed by atoms with Crippen LogP contribution in [0.2, 0.25) is 0 Å². The molecule has 1 atom stereocenters. The lowest BCUT2D eigenvalue weighted by molar-refractivity contribution is -0.134. The molecule has 1 heterocycles. The molecule has 0 aliphatic carbocycles. The highest BCUT2D eigenvalue weighted by atomic mass is 16.5. The summed E-state index contributed by atoms with van der Waals surface area (Å²) in [5, 5.41) is 6.42. The standard InChI is InChI=1S/C26H27N3O2/c1-28(18-20-9-5-3-6-10-20)19-26(30)29-25(22-13-15-23(31-2)16-14-22)17-24(27-29)21-11-7-4-8-12-21/h3-16,25H,17-19H2,1-2H3. The molecule has 1 amide bonds. The number of likely N-dealkylation sites (N-methyl/N-ethyl adjacent to an activating group) is 1. The Bertz CT molecular complexity index is 1030. The number of carbonyl (C=O) groups is 1. The molecule has 31 heavy (non-hydrogen) atoms. The third-order valence-corrected chi connectivity index (χ3v) is 5.47. The van der Waals surface area contributed by atoms with Crippen LogP contribution in [0, 0.1) is 0 Å². The molecule has 0 fully saturated rings. The van der Waals surface area contributed by atoms with Gasteiger partial charge in [-0.25, -0.2) is 5.01 Å². The average Bonchev–Trinajstić information content (AvgIpc) is 3.26. The Balaban J connectivity index is 1.55. The summed E-state index contributed by atoms with van der Waals surface area (Å²) in [6.07, 6.45) is 0.685. The van der Waals surface area contributed by atoms with Crippen molar-refractivity contribution in [3.8, 4) is 5.75 Å². The van der Waals surface area contributed by atoms with E-state index in [2.05, 4.69) is 12.1 Å². The molecule has 4 rings (SSSR count). The minimum atomic E-state index is -0.126. The summed E-state index contributed by atoms with van der Waals surface area (Å²) in [4.78, 5) is 15.3. The molecule has 0 saturated heterocycles. The van der Waals surface area contributed by atoms with Crippen LogP contribution < -0.4 is 4.74 Å². The molecular weight excluding hydrogens is 386 g/mol. The normalized spacial score (nSPS) is 15.8. The lowest BCUT2D eigenvalue weighted by Crippen LogP contribution is -2.36. The van der Waals surface area contributed by atoms with Gasteiger partial charge in [-0.1, -0.05) is 72.8 Å². The largest absolute Gasteiger partial charge is 0.497 e. The molecule has 1 aliphatic heterocycles. The highest BCUT2D eigenvalue weighted by Gasteiger charge is 2.33. The van der Waals surface area contributed by atoms with Gasteiger partial charge in [-0.3, -0.25) is 9.69 Å². The number of nitrogens with zero attached hydrogens (tertiary/aromatic N) is 3. The zero-order valence-electron chi connectivity index (χ0n) is 17.9. The summed E-state index contributed by atoms with van der Waals surface area (Å²) < 4.78 is 5.29. The van der Waals surface area contributed by atoms with E-state index in [-0.39, 0.29) is 11.9 Å². The van der Waals surface area contributed by atoms with E-state index in [1.54, 1.807) is 12.1 Å². The minimum Gasteiger partial charge on any atom is -0.497 e. The number of hydrogen-bond acceptors (Lipinski definition) is 4. The van der Waals surface area contributed by atoms with Crippen LogP contribution in [0.1, 0.15) is 29.2 Å². The van der Waals surface area contributed by atoms with Gasteiger partial charge in [-0.15, -0.1) is 0 Å². The van der Waals surface area contributed by atoms with Gasteiger partial charge in [0.25, 0.3) is 5.91 Å². The van der Waals surface area contributed by atoms with Gasteiger partial charge in [0.05, 0.1) is 25.4 Å². The average molecular weight is 414 g/mol. The third-order valence-electron chi connectivity index (χ3n) is 5.47. The summed E-state index contributed by atoms with van der Waals surface area (Å²) in [7, 11) is 3.62. The van der Waals surface area contributed by atoms with E-state index in [9.17, 15) is 4.79 Å². The number of benzene rings is 3. The first-order valence-corrected chi connectivity index (χ1v) is 10.5. The zero-order valence-corrected chi connectivity index (χ0v) is 17.9. The van der Waals surface area contributed by atoms with Gasteiger partial charge in [0.2, 0.25) is 0 Å². The van der Waals surface area contributed by atoms with E-state index in [1.165, 1.54) is 5.56 Å². The summed E-state index contributed by atoms with van der Waals surface area (Å²) in [6.45, 7) is 1.01. The van der Waals surface area contributed by atoms with Crippen LogP contribution in [0.15, 0.2) is 90.0 Å². The summed E-state index contributed by atoms with van der Waals surface area (Å²) in [6, 6.07) is 28.0. The Morgan fingerprint density at radius 2 is 1.65 bits per heavy atom. The maximum Gasteiger partial charge on any atom is 0.257 e. The first kappa shape index (κ1) is 20.8. The molecule has 0 saturated carbocycles. The topological polar surface area (TPSA) is 45.1 Å². The van der Waals surface area contributed by atoms with Gasteiger partial charge < -0.3 is 4.74 Å². The number of amides is 1. The number of carbonyl (C=O) groups excluding carboxylic acids is 1. The Morgan fingerprint density at radius 3 is 2.29 bits per heavy atom. The van der Waals surface area contributed by atoms with Gasteiger partial charge in [0.15, 0.2) is 0 Å². The van der Waals surface area contributed by atoms with Crippen LogP contribution >= 0.6 is 0 Å². The molecule has 3 aromatic carbocycles. The SMILES string of the molecule is COc1ccc(C2CC(c3ccccc3)=NN2C(=O)CN(C)Cc2ccccc2)cc1. The van der Waals surface area contributed by atoms with E-state index in [0.29, 0.717) is 19.5 Å². The van der Waals surface area contributed by atoms with Gasteiger partial charge in [-0.05, 0) is 35.9 Å². The number of ether oxygens (including phenoxy) is 1. The molecule has 1 aliphatic rings. The van der Waals surface area contributed by atoms with Crippen molar-refractivity contribution in [2.75, 3.05) is 20.7 Å². The second-order valence-electron chi connectivity index (χ2n) is 7.80. The molecule has 0 spiro atoms. The monoisotopic (exact) mass is 413 g/mol. The van der Waals surface area contributed by atoms with Crippen molar-refractivity contribution in [3.63, 3.8) is 0 Å². The number of hydrogen-bond donors (Lipinski definition) is 0. The second-order valence-corrected chi connectivity index (χ2v) is 7.80. The molecule has 0 N–H and O–H groups in total. The Kier molecular flexibility index (Phi) is 6.43. The molecule has 1 unspecified atom stereocenters. The zero-order chi connectivity index (χ0) is 21.6. The van der Waals surface area contributed by atoms with Crippen LogP contribution in [-0.4, -0.2) is 42.2 Å². The second kappa shape index (κ2) is 9.58. The number of hydrazone groups is 1. The summed E-state index contributed by atoms with van der Waals surface area (Å²) >= 11 is 0. The first-order valence-electron chi connectivity index (χ1n) is 10.5. The van der Waals surface area contributed by atoms with Crippen molar-refractivity contribution >= 4 is 11.6 Å². The molecule has 5 heteroatoms. The lowest BCUT2D eigenvalue weighted by Gasteiger charge is -2.25. The van der Waals surface area contributed by atoms with Crippen molar-refractivity contribution < 1.29 is 9.53 Å². The fourth-order valence-electron chi connectivity index (χ4n) is 3.89. The Hall–Kier alpha value is -3.44. The molecule has 158 valence electrons. The van der Waals surface area contributed by atoms with Gasteiger partial charge in [-0.2, -0.15) is 5.10 Å². The summed E-state index contributed by atoms with van der Waals surface area (Å²) in [5.41, 5.74) is 4.21. The fourth-order valence-corrected chi connectivity index (χ4v) is 3.89. The predicted octanol–water partition coefficient (Wildman–Crippen LogP) is 4.50. The fraction of sp³-hybridized carbons (Fsp3) is 0.231. The smallest absolute Gasteiger partial charge is 0.257 e. The van der Waals surface area contributed by atoms with Crippen molar-refractivity contribution in [2.24, 2.45) is 5.10 Å². The quantitative estimate of drug-likeness (QED) is 0.573. The molecular formula is C26H27N3O2. The van der Waals surface area contributed by atoms with E-state index < -0.39 is 0 Å². The molecule has 0 aromatic heterocycles. The van der Waals surface area contributed by atoms with Crippen LogP contribution in [0.25, 0.3) is 0 Å². The summed E-state index contributed by atoms with van der Waals surface area (Å²) in [5.74, 6) is 0.789. The van der Waals surface area contributed by atoms with Gasteiger partial charge in [0.1, 0.15) is 5.75 Å². The van der Waals surface area contributed by atoms with E-state index in [1.807, 2.05) is 84.7 Å². The molecule has 0 radical (unpaired) electrons. The van der Waals surface area contributed by atoms with Crippen molar-refractivity contribution in [1.82, 2.24) is 9.91 Å². The van der Waals surface area contributed by atoms with E-state index >= 15 is 0 Å².